The molecule has 3 saturated heterocycles. The van der Waals surface area contributed by atoms with Crippen LogP contribution in [0.5, 0.6) is 0 Å². The number of amides is 2. The molecule has 212 valence electrons. The minimum Gasteiger partial charge on any atom is -0.357 e. The van der Waals surface area contributed by atoms with Crippen LogP contribution in [0.3, 0.4) is 0 Å². The summed E-state index contributed by atoms with van der Waals surface area (Å²) in [6.45, 7) is 0.465. The lowest BCUT2D eigenvalue weighted by Crippen LogP contribution is -2.51. The van der Waals surface area contributed by atoms with Crippen molar-refractivity contribution in [2.75, 3.05) is 6.54 Å². The molecule has 2 aromatic heterocycles. The summed E-state index contributed by atoms with van der Waals surface area (Å²) in [7, 11) is 0. The number of aromatic nitrogens is 2. The first-order valence-corrected chi connectivity index (χ1v) is 14.3. The number of nitrogens with zero attached hydrogens (tertiary/aromatic N) is 5. The zero-order valence-corrected chi connectivity index (χ0v) is 23.2. The minimum absolute atomic E-state index is 0.0832. The highest BCUT2D eigenvalue weighted by atomic mass is 16.2. The molecule has 9 heteroatoms. The quantitative estimate of drug-likeness (QED) is 0.242. The maximum absolute atomic E-state index is 14.6. The Bertz CT molecular complexity index is 1480. The molecule has 0 saturated carbocycles. The fourth-order valence-corrected chi connectivity index (χ4v) is 6.85. The smallest absolute Gasteiger partial charge is 0.254 e. The third-order valence-corrected chi connectivity index (χ3v) is 8.84. The van der Waals surface area contributed by atoms with Crippen molar-refractivity contribution in [2.45, 2.75) is 56.1 Å². The van der Waals surface area contributed by atoms with Crippen LogP contribution in [0.25, 0.3) is 0 Å². The topological polar surface area (TPSA) is 119 Å². The van der Waals surface area contributed by atoms with Gasteiger partial charge in [-0.05, 0) is 91.3 Å². The molecule has 0 radical (unpaired) electrons. The van der Waals surface area contributed by atoms with Gasteiger partial charge in [-0.15, -0.1) is 0 Å². The molecule has 2 atom stereocenters. The van der Waals surface area contributed by atoms with Crippen molar-refractivity contribution in [1.82, 2.24) is 25.1 Å². The van der Waals surface area contributed by atoms with E-state index in [0.717, 1.165) is 43.2 Å². The number of benzene rings is 1. The summed E-state index contributed by atoms with van der Waals surface area (Å²) in [5.74, 6) is 0.345. The summed E-state index contributed by atoms with van der Waals surface area (Å²) in [6.07, 6.45) is 13.8. The highest BCUT2D eigenvalue weighted by Gasteiger charge is 2.50. The highest BCUT2D eigenvalue weighted by Crippen LogP contribution is 2.40. The van der Waals surface area contributed by atoms with Gasteiger partial charge in [0.25, 0.3) is 5.91 Å². The number of carbonyl (C=O) groups is 3. The monoisotopic (exact) mass is 560 g/mol. The van der Waals surface area contributed by atoms with E-state index in [0.29, 0.717) is 36.3 Å². The van der Waals surface area contributed by atoms with Gasteiger partial charge in [0.05, 0.1) is 11.6 Å². The number of nitriles is 1. The van der Waals surface area contributed by atoms with Crippen molar-refractivity contribution in [1.29, 1.82) is 5.26 Å². The fraction of sp³-hybridized carbons (Fsp3) is 0.333. The van der Waals surface area contributed by atoms with E-state index < -0.39 is 5.54 Å². The summed E-state index contributed by atoms with van der Waals surface area (Å²) in [5, 5.41) is 12.7. The molecular weight excluding hydrogens is 528 g/mol. The van der Waals surface area contributed by atoms with Crippen LogP contribution in [0.2, 0.25) is 0 Å². The number of allylic oxidation sites excluding steroid dienone is 1. The van der Waals surface area contributed by atoms with Crippen LogP contribution in [0.1, 0.15) is 52.7 Å². The average Bonchev–Trinajstić information content (AvgIpc) is 3.41. The molecule has 3 aromatic rings. The van der Waals surface area contributed by atoms with Gasteiger partial charge in [0.15, 0.2) is 5.78 Å². The first kappa shape index (κ1) is 27.3. The molecule has 2 unspecified atom stereocenters. The van der Waals surface area contributed by atoms with Gasteiger partial charge >= 0.3 is 0 Å². The van der Waals surface area contributed by atoms with E-state index in [4.69, 9.17) is 5.26 Å². The first-order valence-electron chi connectivity index (χ1n) is 14.3. The van der Waals surface area contributed by atoms with Crippen molar-refractivity contribution in [3.8, 4) is 6.07 Å². The molecule has 9 nitrogen and oxygen atoms in total. The molecule has 0 spiro atoms. The van der Waals surface area contributed by atoms with Gasteiger partial charge < -0.3 is 10.2 Å². The summed E-state index contributed by atoms with van der Waals surface area (Å²) < 4.78 is 0. The van der Waals surface area contributed by atoms with Gasteiger partial charge in [-0.1, -0.05) is 0 Å². The molecule has 2 amide bonds. The molecule has 3 fully saturated rings. The number of ketones is 1. The summed E-state index contributed by atoms with van der Waals surface area (Å²) in [6, 6.07) is 16.6. The Morgan fingerprint density at radius 3 is 2.05 bits per heavy atom. The van der Waals surface area contributed by atoms with Crippen molar-refractivity contribution in [3.63, 3.8) is 0 Å². The lowest BCUT2D eigenvalue weighted by Gasteiger charge is -2.38. The predicted octanol–water partition coefficient (Wildman–Crippen LogP) is 3.43. The SMILES string of the molecule is N#Cc1ccc(C(=O)C=C2NC(Cc3ccncc3)(Cc3ccncc3)C(=O)N2CC2CC3CCC(C2)N3C=O)cc1. The predicted molar refractivity (Wildman–Crippen MR) is 154 cm³/mol. The molecule has 5 heterocycles. The zero-order valence-electron chi connectivity index (χ0n) is 23.2. The standard InChI is InChI=1S/C33H32N6O3/c34-20-25-1-3-27(4-2-25)30(41)17-31-37-33(18-23-7-11-35-12-8-23,19-24-9-13-36-14-10-24)32(42)38(31)21-26-15-28-5-6-29(16-26)39(28)22-40/h1-4,7-14,17,22,26,28-29,37H,5-6,15-16,18-19,21H2. The van der Waals surface area contributed by atoms with E-state index in [2.05, 4.69) is 21.4 Å². The lowest BCUT2D eigenvalue weighted by atomic mass is 9.84. The van der Waals surface area contributed by atoms with Crippen LogP contribution in [0.4, 0.5) is 0 Å². The largest absolute Gasteiger partial charge is 0.357 e. The number of fused-ring (bicyclic) bond motifs is 2. The summed E-state index contributed by atoms with van der Waals surface area (Å²) in [5.41, 5.74) is 1.80. The van der Waals surface area contributed by atoms with E-state index in [1.54, 1.807) is 54.0 Å². The molecule has 0 aliphatic carbocycles. The van der Waals surface area contributed by atoms with Crippen LogP contribution < -0.4 is 5.32 Å². The Balaban J connectivity index is 1.36. The number of carbonyl (C=O) groups excluding carboxylic acids is 3. The van der Waals surface area contributed by atoms with Gasteiger partial charge in [-0.3, -0.25) is 29.3 Å². The Labute approximate surface area is 244 Å². The van der Waals surface area contributed by atoms with E-state index >= 15 is 0 Å². The highest BCUT2D eigenvalue weighted by molar-refractivity contribution is 6.06. The maximum atomic E-state index is 14.6. The summed E-state index contributed by atoms with van der Waals surface area (Å²) >= 11 is 0. The Hall–Kier alpha value is -4.84. The fourth-order valence-electron chi connectivity index (χ4n) is 6.85. The van der Waals surface area contributed by atoms with Gasteiger partial charge in [-0.25, -0.2) is 0 Å². The number of hydrogen-bond acceptors (Lipinski definition) is 7. The zero-order chi connectivity index (χ0) is 29.1. The van der Waals surface area contributed by atoms with E-state index in [9.17, 15) is 14.4 Å². The van der Waals surface area contributed by atoms with Crippen LogP contribution in [-0.2, 0) is 22.4 Å². The molecule has 1 N–H and O–H groups in total. The van der Waals surface area contributed by atoms with E-state index in [1.807, 2.05) is 29.2 Å². The second kappa shape index (κ2) is 11.6. The minimum atomic E-state index is -1.03. The molecule has 1 aromatic carbocycles. The Morgan fingerprint density at radius 2 is 1.52 bits per heavy atom. The third kappa shape index (κ3) is 5.40. The van der Waals surface area contributed by atoms with Crippen molar-refractivity contribution < 1.29 is 14.4 Å². The van der Waals surface area contributed by atoms with Crippen LogP contribution in [0, 0.1) is 17.2 Å². The molecule has 2 bridgehead atoms. The van der Waals surface area contributed by atoms with Crippen molar-refractivity contribution >= 4 is 18.1 Å². The second-order valence-electron chi connectivity index (χ2n) is 11.5. The van der Waals surface area contributed by atoms with E-state index in [-0.39, 0.29) is 29.7 Å². The van der Waals surface area contributed by atoms with Crippen LogP contribution in [0.15, 0.2) is 85.2 Å². The van der Waals surface area contributed by atoms with Gasteiger partial charge in [0.2, 0.25) is 6.41 Å². The number of nitrogens with one attached hydrogen (secondary N) is 1. The number of hydrogen-bond donors (Lipinski definition) is 1. The molecule has 3 aliphatic heterocycles. The normalized spacial score (nSPS) is 23.5. The molecular formula is C33H32N6O3. The van der Waals surface area contributed by atoms with Gasteiger partial charge in [0.1, 0.15) is 11.4 Å². The van der Waals surface area contributed by atoms with Gasteiger partial charge in [0, 0.05) is 67.9 Å². The lowest BCUT2D eigenvalue weighted by molar-refractivity contribution is -0.133. The van der Waals surface area contributed by atoms with Gasteiger partial charge in [-0.2, -0.15) is 5.26 Å². The number of pyridine rings is 2. The van der Waals surface area contributed by atoms with Crippen LogP contribution in [-0.4, -0.2) is 62.0 Å². The summed E-state index contributed by atoms with van der Waals surface area (Å²) in [4.78, 5) is 51.7. The molecule has 3 aliphatic rings. The first-order chi connectivity index (χ1) is 20.5. The average molecular weight is 561 g/mol. The maximum Gasteiger partial charge on any atom is 0.254 e. The molecule has 42 heavy (non-hydrogen) atoms. The number of rotatable bonds is 9. The third-order valence-electron chi connectivity index (χ3n) is 8.84. The Morgan fingerprint density at radius 1 is 0.952 bits per heavy atom. The molecule has 6 rings (SSSR count). The Kier molecular flexibility index (Phi) is 7.53. The number of piperidine rings is 1. The second-order valence-corrected chi connectivity index (χ2v) is 11.5. The van der Waals surface area contributed by atoms with E-state index in [1.165, 1.54) is 6.08 Å². The van der Waals surface area contributed by atoms with Crippen LogP contribution >= 0.6 is 0 Å². The van der Waals surface area contributed by atoms with Crippen molar-refractivity contribution in [3.05, 3.63) is 107 Å². The van der Waals surface area contributed by atoms with Crippen molar-refractivity contribution in [2.24, 2.45) is 5.92 Å².